The summed E-state index contributed by atoms with van der Waals surface area (Å²) in [5.74, 6) is -1.49. The Kier molecular flexibility index (Phi) is 7.70. The number of amides is 2. The van der Waals surface area contributed by atoms with Crippen LogP contribution in [0, 0.1) is 18.6 Å². The van der Waals surface area contributed by atoms with Crippen LogP contribution in [0.3, 0.4) is 0 Å². The van der Waals surface area contributed by atoms with E-state index in [1.807, 2.05) is 38.1 Å². The zero-order chi connectivity index (χ0) is 23.1. The number of halogens is 2. The fourth-order valence-corrected chi connectivity index (χ4v) is 3.25. The van der Waals surface area contributed by atoms with Crippen molar-refractivity contribution in [3.63, 3.8) is 0 Å². The van der Waals surface area contributed by atoms with Crippen LogP contribution in [0.4, 0.5) is 14.5 Å². The summed E-state index contributed by atoms with van der Waals surface area (Å²) >= 11 is 0. The Morgan fingerprint density at radius 3 is 2.66 bits per heavy atom. The van der Waals surface area contributed by atoms with Gasteiger partial charge in [0.1, 0.15) is 11.6 Å². The first-order valence-electron chi connectivity index (χ1n) is 10.4. The summed E-state index contributed by atoms with van der Waals surface area (Å²) in [5, 5.41) is 2.83. The molecule has 2 amide bonds. The fourth-order valence-electron chi connectivity index (χ4n) is 3.25. The lowest BCUT2D eigenvalue weighted by molar-refractivity contribution is -0.134. The minimum atomic E-state index is -0.752. The van der Waals surface area contributed by atoms with Gasteiger partial charge in [-0.05, 0) is 37.1 Å². The minimum absolute atomic E-state index is 0.0569. The van der Waals surface area contributed by atoms with Crippen molar-refractivity contribution in [2.45, 2.75) is 33.1 Å². The van der Waals surface area contributed by atoms with E-state index in [1.165, 1.54) is 17.2 Å². The lowest BCUT2D eigenvalue weighted by Gasteiger charge is -2.21. The van der Waals surface area contributed by atoms with E-state index in [1.54, 1.807) is 0 Å². The SMILES string of the molecule is CCCN(CC(=O)Nc1ccccc1C)C(=O)CCc1ncc(-c2ccc(F)cc2F)o1. The van der Waals surface area contributed by atoms with E-state index < -0.39 is 11.6 Å². The lowest BCUT2D eigenvalue weighted by atomic mass is 10.2. The third-order valence-corrected chi connectivity index (χ3v) is 4.90. The zero-order valence-electron chi connectivity index (χ0n) is 18.0. The number of aromatic nitrogens is 1. The van der Waals surface area contributed by atoms with Crippen molar-refractivity contribution in [3.05, 3.63) is 71.8 Å². The summed E-state index contributed by atoms with van der Waals surface area (Å²) in [6, 6.07) is 10.6. The van der Waals surface area contributed by atoms with Crippen molar-refractivity contribution in [3.8, 4) is 11.3 Å². The second kappa shape index (κ2) is 10.7. The van der Waals surface area contributed by atoms with Gasteiger partial charge in [0.05, 0.1) is 18.3 Å². The molecule has 0 atom stereocenters. The third-order valence-electron chi connectivity index (χ3n) is 4.90. The molecular weight excluding hydrogens is 416 g/mol. The predicted molar refractivity (Wildman–Crippen MR) is 117 cm³/mol. The smallest absolute Gasteiger partial charge is 0.244 e. The van der Waals surface area contributed by atoms with Gasteiger partial charge in [0.25, 0.3) is 0 Å². The van der Waals surface area contributed by atoms with Crippen LogP contribution in [0.1, 0.15) is 31.2 Å². The molecule has 0 spiro atoms. The second-order valence-electron chi connectivity index (χ2n) is 7.42. The highest BCUT2D eigenvalue weighted by atomic mass is 19.1. The normalized spacial score (nSPS) is 10.8. The van der Waals surface area contributed by atoms with E-state index in [0.717, 1.165) is 17.7 Å². The Labute approximate surface area is 185 Å². The molecule has 3 rings (SSSR count). The van der Waals surface area contributed by atoms with Crippen LogP contribution in [0.2, 0.25) is 0 Å². The van der Waals surface area contributed by atoms with Crippen LogP contribution >= 0.6 is 0 Å². The van der Waals surface area contributed by atoms with Crippen molar-refractivity contribution < 1.29 is 22.8 Å². The molecule has 32 heavy (non-hydrogen) atoms. The molecule has 8 heteroatoms. The molecule has 3 aromatic rings. The molecule has 0 bridgehead atoms. The first-order valence-corrected chi connectivity index (χ1v) is 10.4. The Bertz CT molecular complexity index is 1100. The van der Waals surface area contributed by atoms with Crippen molar-refractivity contribution in [1.29, 1.82) is 0 Å². The van der Waals surface area contributed by atoms with Gasteiger partial charge in [-0.15, -0.1) is 0 Å². The Hall–Kier alpha value is -3.55. The van der Waals surface area contributed by atoms with E-state index in [9.17, 15) is 18.4 Å². The Morgan fingerprint density at radius 1 is 1.16 bits per heavy atom. The lowest BCUT2D eigenvalue weighted by Crippen LogP contribution is -2.38. The molecule has 0 saturated heterocycles. The van der Waals surface area contributed by atoms with Crippen molar-refractivity contribution in [1.82, 2.24) is 9.88 Å². The van der Waals surface area contributed by atoms with Crippen LogP contribution in [0.15, 0.2) is 53.1 Å². The average molecular weight is 441 g/mol. The third kappa shape index (κ3) is 6.00. The maximum atomic E-state index is 13.9. The Morgan fingerprint density at radius 2 is 1.94 bits per heavy atom. The van der Waals surface area contributed by atoms with Crippen LogP contribution in [0.25, 0.3) is 11.3 Å². The number of para-hydroxylation sites is 1. The number of carbonyl (C=O) groups excluding carboxylic acids is 2. The van der Waals surface area contributed by atoms with Gasteiger partial charge in [-0.2, -0.15) is 0 Å². The zero-order valence-corrected chi connectivity index (χ0v) is 18.0. The summed E-state index contributed by atoms with van der Waals surface area (Å²) in [6.07, 6.45) is 2.33. The number of hydrogen-bond donors (Lipinski definition) is 1. The Balaban J connectivity index is 1.58. The van der Waals surface area contributed by atoms with E-state index in [2.05, 4.69) is 10.3 Å². The highest BCUT2D eigenvalue weighted by Crippen LogP contribution is 2.24. The molecule has 1 heterocycles. The van der Waals surface area contributed by atoms with Gasteiger partial charge in [-0.3, -0.25) is 9.59 Å². The summed E-state index contributed by atoms with van der Waals surface area (Å²) in [5.41, 5.74) is 1.74. The molecule has 168 valence electrons. The largest absolute Gasteiger partial charge is 0.441 e. The van der Waals surface area contributed by atoms with Gasteiger partial charge in [-0.1, -0.05) is 25.1 Å². The molecule has 0 aliphatic rings. The first kappa shape index (κ1) is 23.1. The molecule has 0 aliphatic carbocycles. The van der Waals surface area contributed by atoms with Gasteiger partial charge in [0, 0.05) is 31.1 Å². The van der Waals surface area contributed by atoms with Crippen LogP contribution in [-0.4, -0.2) is 34.8 Å². The molecule has 0 fully saturated rings. The van der Waals surface area contributed by atoms with Gasteiger partial charge in [0.2, 0.25) is 11.8 Å². The number of benzene rings is 2. The quantitative estimate of drug-likeness (QED) is 0.521. The summed E-state index contributed by atoms with van der Waals surface area (Å²) < 4.78 is 32.5. The molecular formula is C24H25F2N3O3. The molecule has 2 aromatic carbocycles. The predicted octanol–water partition coefficient (Wildman–Crippen LogP) is 4.74. The van der Waals surface area contributed by atoms with Gasteiger partial charge in [-0.25, -0.2) is 13.8 Å². The number of rotatable bonds is 9. The monoisotopic (exact) mass is 441 g/mol. The molecule has 1 aromatic heterocycles. The summed E-state index contributed by atoms with van der Waals surface area (Å²) in [7, 11) is 0. The topological polar surface area (TPSA) is 75.4 Å². The minimum Gasteiger partial charge on any atom is -0.441 e. The van der Waals surface area contributed by atoms with Crippen molar-refractivity contribution in [2.24, 2.45) is 0 Å². The van der Waals surface area contributed by atoms with Crippen LogP contribution in [-0.2, 0) is 16.0 Å². The molecule has 6 nitrogen and oxygen atoms in total. The van der Waals surface area contributed by atoms with Crippen LogP contribution < -0.4 is 5.32 Å². The number of anilines is 1. The second-order valence-corrected chi connectivity index (χ2v) is 7.42. The number of oxazole rings is 1. The van der Waals surface area contributed by atoms with E-state index in [0.29, 0.717) is 18.7 Å². The number of aryl methyl sites for hydroxylation is 2. The number of nitrogens with zero attached hydrogens (tertiary/aromatic N) is 2. The van der Waals surface area contributed by atoms with Gasteiger partial charge >= 0.3 is 0 Å². The highest BCUT2D eigenvalue weighted by Gasteiger charge is 2.19. The van der Waals surface area contributed by atoms with E-state index in [-0.39, 0.29) is 48.4 Å². The molecule has 0 radical (unpaired) electrons. The van der Waals surface area contributed by atoms with Gasteiger partial charge in [0.15, 0.2) is 11.7 Å². The maximum Gasteiger partial charge on any atom is 0.244 e. The van der Waals surface area contributed by atoms with E-state index >= 15 is 0 Å². The number of nitrogens with one attached hydrogen (secondary N) is 1. The molecule has 1 N–H and O–H groups in total. The first-order chi connectivity index (χ1) is 15.4. The molecule has 0 unspecified atom stereocenters. The maximum absolute atomic E-state index is 13.9. The highest BCUT2D eigenvalue weighted by molar-refractivity contribution is 5.95. The van der Waals surface area contributed by atoms with Gasteiger partial charge < -0.3 is 14.6 Å². The fraction of sp³-hybridized carbons (Fsp3) is 0.292. The standard InChI is InChI=1S/C24H25F2N3O3/c1-3-12-29(15-22(30)28-20-7-5-4-6-16(20)2)24(31)11-10-23-27-14-21(32-23)18-9-8-17(25)13-19(18)26/h4-9,13-14H,3,10-12,15H2,1-2H3,(H,28,30). The van der Waals surface area contributed by atoms with Crippen molar-refractivity contribution >= 4 is 17.5 Å². The van der Waals surface area contributed by atoms with Crippen LogP contribution in [0.5, 0.6) is 0 Å². The summed E-state index contributed by atoms with van der Waals surface area (Å²) in [6.45, 7) is 4.21. The average Bonchev–Trinajstić information content (AvgIpc) is 3.22. The van der Waals surface area contributed by atoms with Crippen molar-refractivity contribution in [2.75, 3.05) is 18.4 Å². The summed E-state index contributed by atoms with van der Waals surface area (Å²) in [4.78, 5) is 30.7. The van der Waals surface area contributed by atoms with E-state index in [4.69, 9.17) is 4.42 Å². The number of hydrogen-bond acceptors (Lipinski definition) is 4. The molecule has 0 saturated carbocycles. The number of carbonyl (C=O) groups is 2. The molecule has 0 aliphatic heterocycles.